The van der Waals surface area contributed by atoms with Gasteiger partial charge in [-0.15, -0.1) is 0 Å². The maximum atomic E-state index is 13.1. The SMILES string of the molecule is CC(C)(C)OC(=O)NC(CN)Cc1ccc(F)c(Cl)c1. The van der Waals surface area contributed by atoms with Crippen LogP contribution in [0, 0.1) is 5.82 Å². The molecule has 20 heavy (non-hydrogen) atoms. The number of benzene rings is 1. The molecule has 0 aromatic heterocycles. The summed E-state index contributed by atoms with van der Waals surface area (Å²) in [5.41, 5.74) is 5.85. The van der Waals surface area contributed by atoms with Gasteiger partial charge in [-0.1, -0.05) is 17.7 Å². The van der Waals surface area contributed by atoms with Gasteiger partial charge in [0, 0.05) is 12.6 Å². The van der Waals surface area contributed by atoms with Gasteiger partial charge < -0.3 is 15.8 Å². The third kappa shape index (κ3) is 5.75. The monoisotopic (exact) mass is 302 g/mol. The number of hydrogen-bond donors (Lipinski definition) is 2. The highest BCUT2D eigenvalue weighted by atomic mass is 35.5. The number of nitrogens with two attached hydrogens (primary N) is 1. The van der Waals surface area contributed by atoms with E-state index in [0.29, 0.717) is 6.42 Å². The van der Waals surface area contributed by atoms with Gasteiger partial charge >= 0.3 is 6.09 Å². The summed E-state index contributed by atoms with van der Waals surface area (Å²) in [6.07, 6.45) is -0.0726. The van der Waals surface area contributed by atoms with Gasteiger partial charge in [0.2, 0.25) is 0 Å². The fraction of sp³-hybridized carbons (Fsp3) is 0.500. The lowest BCUT2D eigenvalue weighted by Gasteiger charge is -2.23. The smallest absolute Gasteiger partial charge is 0.407 e. The van der Waals surface area contributed by atoms with Crippen LogP contribution in [0.4, 0.5) is 9.18 Å². The van der Waals surface area contributed by atoms with Crippen molar-refractivity contribution >= 4 is 17.7 Å². The number of rotatable bonds is 4. The topological polar surface area (TPSA) is 64.3 Å². The van der Waals surface area contributed by atoms with Crippen LogP contribution in [0.1, 0.15) is 26.3 Å². The molecule has 4 nitrogen and oxygen atoms in total. The lowest BCUT2D eigenvalue weighted by atomic mass is 10.1. The van der Waals surface area contributed by atoms with E-state index in [1.807, 2.05) is 0 Å². The van der Waals surface area contributed by atoms with Crippen LogP contribution in [-0.4, -0.2) is 24.3 Å². The van der Waals surface area contributed by atoms with E-state index in [1.54, 1.807) is 26.8 Å². The van der Waals surface area contributed by atoms with Crippen molar-refractivity contribution in [1.82, 2.24) is 5.32 Å². The second kappa shape index (κ2) is 6.90. The van der Waals surface area contributed by atoms with Gasteiger partial charge in [0.05, 0.1) is 5.02 Å². The third-order valence-corrected chi connectivity index (χ3v) is 2.76. The predicted octanol–water partition coefficient (Wildman–Crippen LogP) is 2.87. The minimum absolute atomic E-state index is 0.0514. The molecule has 0 saturated carbocycles. The average Bonchev–Trinajstić information content (AvgIpc) is 2.30. The van der Waals surface area contributed by atoms with E-state index in [9.17, 15) is 9.18 Å². The molecule has 0 aliphatic carbocycles. The van der Waals surface area contributed by atoms with Gasteiger partial charge in [0.25, 0.3) is 0 Å². The van der Waals surface area contributed by atoms with Crippen molar-refractivity contribution in [2.75, 3.05) is 6.54 Å². The molecule has 0 bridgehead atoms. The molecule has 3 N–H and O–H groups in total. The van der Waals surface area contributed by atoms with E-state index < -0.39 is 17.5 Å². The molecule has 6 heteroatoms. The summed E-state index contributed by atoms with van der Waals surface area (Å²) in [5, 5.41) is 2.73. The standard InChI is InChI=1S/C14H20ClFN2O2/c1-14(2,3)20-13(19)18-10(8-17)6-9-4-5-12(16)11(15)7-9/h4-5,7,10H,6,8,17H2,1-3H3,(H,18,19). The Hall–Kier alpha value is -1.33. The van der Waals surface area contributed by atoms with Crippen LogP contribution in [0.25, 0.3) is 0 Å². The Morgan fingerprint density at radius 1 is 1.50 bits per heavy atom. The third-order valence-electron chi connectivity index (χ3n) is 2.47. The molecule has 1 atom stereocenters. The van der Waals surface area contributed by atoms with Crippen molar-refractivity contribution in [3.05, 3.63) is 34.6 Å². The summed E-state index contributed by atoms with van der Waals surface area (Å²) in [6, 6.07) is 4.13. The van der Waals surface area contributed by atoms with E-state index in [1.165, 1.54) is 12.1 Å². The molecular formula is C14H20ClFN2O2. The number of ether oxygens (including phenoxy) is 1. The minimum atomic E-state index is -0.567. The molecule has 1 aromatic rings. The Morgan fingerprint density at radius 3 is 2.65 bits per heavy atom. The average molecular weight is 303 g/mol. The summed E-state index contributed by atoms with van der Waals surface area (Å²) >= 11 is 5.72. The molecule has 0 aliphatic rings. The Morgan fingerprint density at radius 2 is 2.15 bits per heavy atom. The van der Waals surface area contributed by atoms with Crippen LogP contribution in [0.2, 0.25) is 5.02 Å². The summed E-state index contributed by atoms with van der Waals surface area (Å²) in [4.78, 5) is 11.7. The second-order valence-electron chi connectivity index (χ2n) is 5.53. The molecule has 1 unspecified atom stereocenters. The molecule has 0 fully saturated rings. The Bertz CT molecular complexity index is 475. The first-order chi connectivity index (χ1) is 9.21. The molecule has 1 amide bonds. The van der Waals surface area contributed by atoms with Crippen LogP contribution >= 0.6 is 11.6 Å². The zero-order valence-corrected chi connectivity index (χ0v) is 12.6. The number of carbonyl (C=O) groups is 1. The quantitative estimate of drug-likeness (QED) is 0.899. The van der Waals surface area contributed by atoms with Gasteiger partial charge in [-0.05, 0) is 44.9 Å². The van der Waals surface area contributed by atoms with Gasteiger partial charge in [0.1, 0.15) is 11.4 Å². The van der Waals surface area contributed by atoms with Gasteiger partial charge in [-0.2, -0.15) is 0 Å². The lowest BCUT2D eigenvalue weighted by molar-refractivity contribution is 0.0506. The Balaban J connectivity index is 2.63. The summed E-state index contributed by atoms with van der Waals surface area (Å²) in [7, 11) is 0. The first-order valence-electron chi connectivity index (χ1n) is 6.35. The maximum Gasteiger partial charge on any atom is 0.407 e. The van der Waals surface area contributed by atoms with Crippen molar-refractivity contribution < 1.29 is 13.9 Å². The van der Waals surface area contributed by atoms with Crippen molar-refractivity contribution in [3.63, 3.8) is 0 Å². The normalized spacial score (nSPS) is 12.9. The van der Waals surface area contributed by atoms with Crippen LogP contribution < -0.4 is 11.1 Å². The van der Waals surface area contributed by atoms with E-state index in [4.69, 9.17) is 22.1 Å². The first kappa shape index (κ1) is 16.7. The highest BCUT2D eigenvalue weighted by molar-refractivity contribution is 6.30. The van der Waals surface area contributed by atoms with Gasteiger partial charge in [-0.3, -0.25) is 0 Å². The summed E-state index contributed by atoms with van der Waals surface area (Å²) in [5.74, 6) is -0.472. The van der Waals surface area contributed by atoms with E-state index in [0.717, 1.165) is 5.56 Å². The zero-order chi connectivity index (χ0) is 15.3. The van der Waals surface area contributed by atoms with E-state index in [2.05, 4.69) is 5.32 Å². The lowest BCUT2D eigenvalue weighted by Crippen LogP contribution is -2.44. The van der Waals surface area contributed by atoms with Crippen molar-refractivity contribution in [2.45, 2.75) is 38.8 Å². The molecule has 0 heterocycles. The van der Waals surface area contributed by atoms with Crippen LogP contribution in [0.15, 0.2) is 18.2 Å². The maximum absolute atomic E-state index is 13.1. The van der Waals surface area contributed by atoms with Crippen LogP contribution in [-0.2, 0) is 11.2 Å². The predicted molar refractivity (Wildman–Crippen MR) is 77.3 cm³/mol. The Labute approximate surface area is 123 Å². The minimum Gasteiger partial charge on any atom is -0.444 e. The number of halogens is 2. The van der Waals surface area contributed by atoms with E-state index >= 15 is 0 Å². The number of nitrogens with one attached hydrogen (secondary N) is 1. The number of amides is 1. The number of carbonyl (C=O) groups excluding carboxylic acids is 1. The van der Waals surface area contributed by atoms with Gasteiger partial charge in [0.15, 0.2) is 0 Å². The van der Waals surface area contributed by atoms with Crippen molar-refractivity contribution in [2.24, 2.45) is 5.73 Å². The summed E-state index contributed by atoms with van der Waals surface area (Å²) < 4.78 is 18.2. The Kier molecular flexibility index (Phi) is 5.77. The summed E-state index contributed by atoms with van der Waals surface area (Å²) in [6.45, 7) is 5.59. The molecule has 1 rings (SSSR count). The molecule has 0 radical (unpaired) electrons. The van der Waals surface area contributed by atoms with Crippen LogP contribution in [0.3, 0.4) is 0 Å². The number of alkyl carbamates (subject to hydrolysis) is 1. The molecule has 112 valence electrons. The largest absolute Gasteiger partial charge is 0.444 e. The molecular weight excluding hydrogens is 283 g/mol. The van der Waals surface area contributed by atoms with Gasteiger partial charge in [-0.25, -0.2) is 9.18 Å². The molecule has 0 saturated heterocycles. The van der Waals surface area contributed by atoms with Crippen molar-refractivity contribution in [1.29, 1.82) is 0 Å². The fourth-order valence-corrected chi connectivity index (χ4v) is 1.82. The van der Waals surface area contributed by atoms with Crippen LogP contribution in [0.5, 0.6) is 0 Å². The molecule has 1 aromatic carbocycles. The second-order valence-corrected chi connectivity index (χ2v) is 5.94. The highest BCUT2D eigenvalue weighted by Crippen LogP contribution is 2.17. The molecule has 0 aliphatic heterocycles. The van der Waals surface area contributed by atoms with Crippen molar-refractivity contribution in [3.8, 4) is 0 Å². The zero-order valence-electron chi connectivity index (χ0n) is 11.9. The number of hydrogen-bond acceptors (Lipinski definition) is 3. The molecule has 0 spiro atoms. The first-order valence-corrected chi connectivity index (χ1v) is 6.72. The highest BCUT2D eigenvalue weighted by Gasteiger charge is 2.19. The fourth-order valence-electron chi connectivity index (χ4n) is 1.62. The van der Waals surface area contributed by atoms with E-state index in [-0.39, 0.29) is 17.6 Å².